The number of methoxy groups -OCH3 is 1. The Morgan fingerprint density at radius 3 is 2.40 bits per heavy atom. The summed E-state index contributed by atoms with van der Waals surface area (Å²) in [7, 11) is -1.50. The largest absolute Gasteiger partial charge is 0.497 e. The summed E-state index contributed by atoms with van der Waals surface area (Å²) >= 11 is 1.18. The average Bonchev–Trinajstić information content (AvgIpc) is 2.81. The molecule has 1 aromatic rings. The number of hydrogen-bond acceptors (Lipinski definition) is 6. The predicted molar refractivity (Wildman–Crippen MR) is 98.8 cm³/mol. The van der Waals surface area contributed by atoms with Crippen LogP contribution in [0.4, 0.5) is 5.69 Å². The van der Waals surface area contributed by atoms with Crippen molar-refractivity contribution in [3.8, 4) is 5.75 Å². The highest BCUT2D eigenvalue weighted by molar-refractivity contribution is 8.00. The summed E-state index contributed by atoms with van der Waals surface area (Å²) in [5, 5.41) is 5.49. The summed E-state index contributed by atoms with van der Waals surface area (Å²) in [5.41, 5.74) is -0.0542. The molecule has 0 saturated carbocycles. The lowest BCUT2D eigenvalue weighted by molar-refractivity contribution is -0.120. The summed E-state index contributed by atoms with van der Waals surface area (Å²) in [6, 6.07) is 6.95. The standard InChI is InChI=1S/C16H22N2O5S2/c1-16(7-8-25(21,22)11-16)18-15(20)10-24-9-14(19)17-12-3-5-13(23-2)6-4-12/h3-6H,7-11H2,1-2H3,(H,17,19)(H,18,20)/t16-/m0/s1. The van der Waals surface area contributed by atoms with Gasteiger partial charge in [0.2, 0.25) is 11.8 Å². The minimum atomic E-state index is -3.07. The smallest absolute Gasteiger partial charge is 0.234 e. The number of carbonyl (C=O) groups is 2. The van der Waals surface area contributed by atoms with Gasteiger partial charge in [-0.1, -0.05) is 0 Å². The van der Waals surface area contributed by atoms with Crippen molar-refractivity contribution in [2.45, 2.75) is 18.9 Å². The number of nitrogens with one attached hydrogen (secondary N) is 2. The lowest BCUT2D eigenvalue weighted by Gasteiger charge is -2.23. The molecule has 1 heterocycles. The molecule has 0 bridgehead atoms. The van der Waals surface area contributed by atoms with Gasteiger partial charge in [-0.15, -0.1) is 11.8 Å². The Kier molecular flexibility index (Phi) is 6.34. The minimum absolute atomic E-state index is 0.0334. The van der Waals surface area contributed by atoms with E-state index < -0.39 is 15.4 Å². The molecule has 25 heavy (non-hydrogen) atoms. The van der Waals surface area contributed by atoms with E-state index in [1.807, 2.05) is 0 Å². The van der Waals surface area contributed by atoms with Crippen LogP contribution in [0.1, 0.15) is 13.3 Å². The second kappa shape index (κ2) is 8.09. The molecule has 9 heteroatoms. The Morgan fingerprint density at radius 2 is 1.84 bits per heavy atom. The zero-order valence-corrected chi connectivity index (χ0v) is 15.8. The number of rotatable bonds is 7. The average molecular weight is 386 g/mol. The number of anilines is 1. The molecule has 0 radical (unpaired) electrons. The molecule has 0 spiro atoms. The summed E-state index contributed by atoms with van der Waals surface area (Å²) in [6.07, 6.45) is 0.420. The van der Waals surface area contributed by atoms with Gasteiger partial charge in [0, 0.05) is 5.69 Å². The normalized spacial score (nSPS) is 21.5. The molecular weight excluding hydrogens is 364 g/mol. The van der Waals surface area contributed by atoms with Crippen molar-refractivity contribution in [2.24, 2.45) is 0 Å². The van der Waals surface area contributed by atoms with Crippen LogP contribution in [0.5, 0.6) is 5.75 Å². The highest BCUT2D eigenvalue weighted by Gasteiger charge is 2.39. The van der Waals surface area contributed by atoms with Gasteiger partial charge in [-0.3, -0.25) is 9.59 Å². The van der Waals surface area contributed by atoms with E-state index in [0.29, 0.717) is 17.9 Å². The van der Waals surface area contributed by atoms with E-state index in [2.05, 4.69) is 10.6 Å². The van der Waals surface area contributed by atoms with E-state index in [1.54, 1.807) is 38.3 Å². The fraction of sp³-hybridized carbons (Fsp3) is 0.500. The fourth-order valence-corrected chi connectivity index (χ4v) is 5.30. The SMILES string of the molecule is COc1ccc(NC(=O)CSCC(=O)N[C@@]2(C)CCS(=O)(=O)C2)cc1. The molecule has 138 valence electrons. The molecule has 1 atom stereocenters. The molecule has 1 fully saturated rings. The number of carbonyl (C=O) groups excluding carboxylic acids is 2. The van der Waals surface area contributed by atoms with Crippen LogP contribution in [-0.2, 0) is 19.4 Å². The van der Waals surface area contributed by atoms with Crippen molar-refractivity contribution in [3.05, 3.63) is 24.3 Å². The summed E-state index contributed by atoms with van der Waals surface area (Å²) in [6.45, 7) is 1.73. The third kappa shape index (κ3) is 6.24. The van der Waals surface area contributed by atoms with Crippen molar-refractivity contribution in [1.82, 2.24) is 5.32 Å². The van der Waals surface area contributed by atoms with Crippen LogP contribution in [0.15, 0.2) is 24.3 Å². The van der Waals surface area contributed by atoms with Gasteiger partial charge >= 0.3 is 0 Å². The molecule has 1 aliphatic heterocycles. The lowest BCUT2D eigenvalue weighted by Crippen LogP contribution is -2.47. The molecular formula is C16H22N2O5S2. The van der Waals surface area contributed by atoms with E-state index in [-0.39, 0.29) is 34.8 Å². The third-order valence-corrected chi connectivity index (χ3v) is 6.62. The maximum absolute atomic E-state index is 12.0. The van der Waals surface area contributed by atoms with Crippen LogP contribution >= 0.6 is 11.8 Å². The topological polar surface area (TPSA) is 102 Å². The molecule has 0 aliphatic carbocycles. The molecule has 1 aromatic carbocycles. The first-order valence-corrected chi connectivity index (χ1v) is 10.7. The van der Waals surface area contributed by atoms with Crippen LogP contribution < -0.4 is 15.4 Å². The van der Waals surface area contributed by atoms with Crippen LogP contribution in [-0.4, -0.2) is 55.9 Å². The number of ether oxygens (including phenoxy) is 1. The maximum Gasteiger partial charge on any atom is 0.234 e. The number of sulfone groups is 1. The maximum atomic E-state index is 12.0. The van der Waals surface area contributed by atoms with E-state index in [9.17, 15) is 18.0 Å². The summed E-state index contributed by atoms with van der Waals surface area (Å²) in [4.78, 5) is 23.8. The number of amides is 2. The van der Waals surface area contributed by atoms with Crippen molar-refractivity contribution in [1.29, 1.82) is 0 Å². The van der Waals surface area contributed by atoms with Gasteiger partial charge in [0.15, 0.2) is 9.84 Å². The van der Waals surface area contributed by atoms with Crippen molar-refractivity contribution in [2.75, 3.05) is 35.4 Å². The zero-order chi connectivity index (χ0) is 18.5. The first-order valence-electron chi connectivity index (χ1n) is 7.74. The molecule has 7 nitrogen and oxygen atoms in total. The summed E-state index contributed by atoms with van der Waals surface area (Å²) < 4.78 is 28.1. The zero-order valence-electron chi connectivity index (χ0n) is 14.2. The van der Waals surface area contributed by atoms with Crippen LogP contribution in [0, 0.1) is 0 Å². The Labute approximate surface area is 151 Å². The second-order valence-electron chi connectivity index (χ2n) is 6.22. The minimum Gasteiger partial charge on any atom is -0.497 e. The molecule has 2 rings (SSSR count). The van der Waals surface area contributed by atoms with E-state index in [4.69, 9.17) is 4.74 Å². The molecule has 2 N–H and O–H groups in total. The molecule has 1 aliphatic rings. The van der Waals surface area contributed by atoms with Gasteiger partial charge < -0.3 is 15.4 Å². The van der Waals surface area contributed by atoms with Crippen LogP contribution in [0.25, 0.3) is 0 Å². The third-order valence-electron chi connectivity index (χ3n) is 3.78. The molecule has 1 saturated heterocycles. The number of hydrogen-bond donors (Lipinski definition) is 2. The van der Waals surface area contributed by atoms with Gasteiger partial charge in [0.25, 0.3) is 0 Å². The predicted octanol–water partition coefficient (Wildman–Crippen LogP) is 1.06. The monoisotopic (exact) mass is 386 g/mol. The van der Waals surface area contributed by atoms with E-state index >= 15 is 0 Å². The Bertz CT molecular complexity index is 733. The molecule has 2 amide bonds. The van der Waals surface area contributed by atoms with Crippen molar-refractivity contribution >= 4 is 39.1 Å². The van der Waals surface area contributed by atoms with Gasteiger partial charge in [0.05, 0.1) is 35.7 Å². The molecule has 0 unspecified atom stereocenters. The van der Waals surface area contributed by atoms with Gasteiger partial charge in [-0.05, 0) is 37.6 Å². The van der Waals surface area contributed by atoms with Crippen LogP contribution in [0.3, 0.4) is 0 Å². The van der Waals surface area contributed by atoms with Crippen LogP contribution in [0.2, 0.25) is 0 Å². The fourth-order valence-electron chi connectivity index (χ4n) is 2.59. The first-order chi connectivity index (χ1) is 11.7. The van der Waals surface area contributed by atoms with Crippen molar-refractivity contribution in [3.63, 3.8) is 0 Å². The summed E-state index contributed by atoms with van der Waals surface area (Å²) in [5.74, 6) is 0.529. The Balaban J connectivity index is 1.70. The quantitative estimate of drug-likeness (QED) is 0.727. The Hall–Kier alpha value is -1.74. The van der Waals surface area contributed by atoms with E-state index in [1.165, 1.54) is 11.8 Å². The first kappa shape index (κ1) is 19.6. The highest BCUT2D eigenvalue weighted by atomic mass is 32.2. The number of thioether (sulfide) groups is 1. The van der Waals surface area contributed by atoms with Crippen molar-refractivity contribution < 1.29 is 22.7 Å². The lowest BCUT2D eigenvalue weighted by atomic mass is 10.0. The number of benzene rings is 1. The van der Waals surface area contributed by atoms with Gasteiger partial charge in [0.1, 0.15) is 5.75 Å². The highest BCUT2D eigenvalue weighted by Crippen LogP contribution is 2.23. The van der Waals surface area contributed by atoms with Gasteiger partial charge in [-0.2, -0.15) is 0 Å². The Morgan fingerprint density at radius 1 is 1.20 bits per heavy atom. The van der Waals surface area contributed by atoms with E-state index in [0.717, 1.165) is 0 Å². The van der Waals surface area contributed by atoms with Gasteiger partial charge in [-0.25, -0.2) is 8.42 Å². The molecule has 0 aromatic heterocycles. The second-order valence-corrected chi connectivity index (χ2v) is 9.39.